The fourth-order valence-corrected chi connectivity index (χ4v) is 2.08. The lowest BCUT2D eigenvalue weighted by Crippen LogP contribution is -2.44. The van der Waals surface area contributed by atoms with Crippen molar-refractivity contribution < 1.29 is 22.5 Å². The lowest BCUT2D eigenvalue weighted by Gasteiger charge is -2.10. The van der Waals surface area contributed by atoms with Gasteiger partial charge in [0.15, 0.2) is 5.49 Å². The monoisotopic (exact) mass is 320 g/mol. The van der Waals surface area contributed by atoms with Crippen LogP contribution >= 0.6 is 0 Å². The molecular formula is C11H20N4O5S. The first-order chi connectivity index (χ1) is 9.76. The topological polar surface area (TPSA) is 130 Å². The van der Waals surface area contributed by atoms with Gasteiger partial charge in [0.2, 0.25) is 0 Å². The number of hydrogen-bond acceptors (Lipinski definition) is 6. The summed E-state index contributed by atoms with van der Waals surface area (Å²) in [7, 11) is -4.79. The summed E-state index contributed by atoms with van der Waals surface area (Å²) in [6.45, 7) is 4.04. The van der Waals surface area contributed by atoms with Gasteiger partial charge in [-0.05, 0) is 13.3 Å². The number of nitrogens with one attached hydrogen (secondary N) is 1. The summed E-state index contributed by atoms with van der Waals surface area (Å²) in [4.78, 5) is 4.15. The molecule has 0 aromatic carbocycles. The number of aromatic nitrogens is 2. The van der Waals surface area contributed by atoms with Crippen LogP contribution in [-0.4, -0.2) is 34.2 Å². The molecule has 0 spiro atoms. The molecular weight excluding hydrogens is 300 g/mol. The van der Waals surface area contributed by atoms with Gasteiger partial charge in [0.25, 0.3) is 5.62 Å². The maximum atomic E-state index is 10.7. The molecule has 0 unspecified atom stereocenters. The Morgan fingerprint density at radius 1 is 1.38 bits per heavy atom. The molecule has 0 atom stereocenters. The van der Waals surface area contributed by atoms with E-state index in [-0.39, 0.29) is 11.2 Å². The van der Waals surface area contributed by atoms with Crippen LogP contribution in [0.3, 0.4) is 0 Å². The van der Waals surface area contributed by atoms with E-state index >= 15 is 0 Å². The van der Waals surface area contributed by atoms with Gasteiger partial charge in [-0.15, -0.1) is 9.46 Å². The van der Waals surface area contributed by atoms with Gasteiger partial charge in [-0.25, -0.2) is 0 Å². The number of unbranched alkanes of at least 4 members (excludes halogenated alkanes) is 3. The van der Waals surface area contributed by atoms with Crippen molar-refractivity contribution in [1.82, 2.24) is 9.46 Å². The number of nitrogens with zero attached hydrogens (tertiary/aromatic N) is 3. The minimum Gasteiger partial charge on any atom is -0.423 e. The smallest absolute Gasteiger partial charge is 0.423 e. The molecule has 0 fully saturated rings. The van der Waals surface area contributed by atoms with Crippen molar-refractivity contribution in [1.29, 1.82) is 5.41 Å². The highest BCUT2D eigenvalue weighted by molar-refractivity contribution is 7.81. The third-order valence-corrected chi connectivity index (χ3v) is 3.06. The molecule has 9 nitrogen and oxygen atoms in total. The second-order valence-electron chi connectivity index (χ2n) is 4.52. The van der Waals surface area contributed by atoms with Gasteiger partial charge < -0.3 is 5.21 Å². The highest BCUT2D eigenvalue weighted by Gasteiger charge is 2.12. The highest BCUT2D eigenvalue weighted by Crippen LogP contribution is 1.98. The summed E-state index contributed by atoms with van der Waals surface area (Å²) in [6.07, 6.45) is 4.09. The molecule has 0 saturated carbocycles. The normalized spacial score (nSPS) is 12.6. The molecule has 1 heterocycles. The summed E-state index contributed by atoms with van der Waals surface area (Å²) in [5.41, 5.74) is -0.376. The predicted octanol–water partition coefficient (Wildman–Crippen LogP) is 0.0272. The lowest BCUT2D eigenvalue weighted by molar-refractivity contribution is 0.114. The molecule has 0 amide bonds. The second kappa shape index (κ2) is 7.27. The molecule has 1 aromatic heterocycles. The predicted molar refractivity (Wildman–Crippen MR) is 72.9 cm³/mol. The van der Waals surface area contributed by atoms with Crippen LogP contribution in [0.2, 0.25) is 0 Å². The van der Waals surface area contributed by atoms with Crippen LogP contribution in [0.5, 0.6) is 0 Å². The van der Waals surface area contributed by atoms with Crippen LogP contribution in [0, 0.1) is 12.3 Å². The standard InChI is InChI=1S/C11H20N4O5S/c1-3-4-5-6-7-13-10-8-9(2)15(11(12)14(10)16)20-21(17,18)19/h8,12,16H,3-7H2,1-2H3,(H,17,18,19). The maximum Gasteiger partial charge on any atom is 0.465 e. The largest absolute Gasteiger partial charge is 0.465 e. The van der Waals surface area contributed by atoms with Gasteiger partial charge >= 0.3 is 10.4 Å². The molecule has 0 aliphatic heterocycles. The van der Waals surface area contributed by atoms with Crippen LogP contribution in [0.15, 0.2) is 11.1 Å². The van der Waals surface area contributed by atoms with E-state index in [1.165, 1.54) is 13.0 Å². The van der Waals surface area contributed by atoms with Crippen LogP contribution in [0.1, 0.15) is 38.3 Å². The first-order valence-electron chi connectivity index (χ1n) is 6.53. The molecule has 0 radical (unpaired) electrons. The van der Waals surface area contributed by atoms with Crippen molar-refractivity contribution >= 4 is 10.4 Å². The molecule has 1 rings (SSSR count). The summed E-state index contributed by atoms with van der Waals surface area (Å²) >= 11 is 0. The molecule has 120 valence electrons. The summed E-state index contributed by atoms with van der Waals surface area (Å²) < 4.78 is 35.1. The van der Waals surface area contributed by atoms with Crippen LogP contribution < -0.4 is 15.4 Å². The molecule has 0 aliphatic rings. The quantitative estimate of drug-likeness (QED) is 0.370. The van der Waals surface area contributed by atoms with Crippen LogP contribution in [0.4, 0.5) is 0 Å². The van der Waals surface area contributed by atoms with Crippen molar-refractivity contribution in [2.45, 2.75) is 39.5 Å². The Hall–Kier alpha value is -1.81. The highest BCUT2D eigenvalue weighted by atomic mass is 32.3. The molecule has 1 aromatic rings. The SMILES string of the molecule is CCCCCCN=c1cc(C)n(OS(=O)(=O)O)c(=N)n1O. The van der Waals surface area contributed by atoms with Gasteiger partial charge in [0.1, 0.15) is 0 Å². The minimum atomic E-state index is -4.79. The Bertz CT molecular complexity index is 704. The Kier molecular flexibility index (Phi) is 5.97. The average molecular weight is 320 g/mol. The first-order valence-corrected chi connectivity index (χ1v) is 7.90. The number of aryl methyl sites for hydroxylation is 1. The van der Waals surface area contributed by atoms with E-state index in [1.54, 1.807) is 0 Å². The first kappa shape index (κ1) is 17.2. The zero-order valence-corrected chi connectivity index (χ0v) is 12.8. The molecule has 21 heavy (non-hydrogen) atoms. The molecule has 3 N–H and O–H groups in total. The Labute approximate surface area is 122 Å². The second-order valence-corrected chi connectivity index (χ2v) is 5.52. The Morgan fingerprint density at radius 2 is 2.05 bits per heavy atom. The lowest BCUT2D eigenvalue weighted by atomic mass is 10.2. The molecule has 0 aliphatic carbocycles. The molecule has 0 saturated heterocycles. The summed E-state index contributed by atoms with van der Waals surface area (Å²) in [5.74, 6) is 0. The van der Waals surface area contributed by atoms with E-state index in [9.17, 15) is 13.6 Å². The number of hydrogen-bond donors (Lipinski definition) is 3. The Morgan fingerprint density at radius 3 is 2.62 bits per heavy atom. The van der Waals surface area contributed by atoms with E-state index < -0.39 is 16.0 Å². The zero-order chi connectivity index (χ0) is 16.0. The van der Waals surface area contributed by atoms with Crippen molar-refractivity contribution in [3.8, 4) is 0 Å². The minimum absolute atomic E-state index is 0.115. The van der Waals surface area contributed by atoms with Gasteiger partial charge in [0, 0.05) is 12.6 Å². The molecule has 0 bridgehead atoms. The van der Waals surface area contributed by atoms with E-state index in [2.05, 4.69) is 16.2 Å². The van der Waals surface area contributed by atoms with Crippen molar-refractivity contribution in [3.05, 3.63) is 22.9 Å². The summed E-state index contributed by atoms with van der Waals surface area (Å²) in [5, 5.41) is 17.4. The Balaban J connectivity index is 3.06. The van der Waals surface area contributed by atoms with E-state index in [0.717, 1.165) is 25.7 Å². The van der Waals surface area contributed by atoms with Crippen LogP contribution in [0.25, 0.3) is 0 Å². The van der Waals surface area contributed by atoms with Gasteiger partial charge in [-0.3, -0.25) is 19.2 Å². The summed E-state index contributed by atoms with van der Waals surface area (Å²) in [6, 6.07) is 1.35. The van der Waals surface area contributed by atoms with Crippen LogP contribution in [-0.2, 0) is 10.4 Å². The third-order valence-electron chi connectivity index (χ3n) is 2.72. The van der Waals surface area contributed by atoms with Crippen molar-refractivity contribution in [2.75, 3.05) is 6.54 Å². The fraction of sp³-hybridized carbons (Fsp3) is 0.636. The van der Waals surface area contributed by atoms with Gasteiger partial charge in [-0.1, -0.05) is 26.2 Å². The molecule has 10 heteroatoms. The van der Waals surface area contributed by atoms with E-state index in [1.807, 2.05) is 0 Å². The third kappa shape index (κ3) is 5.23. The average Bonchev–Trinajstić information content (AvgIpc) is 2.39. The van der Waals surface area contributed by atoms with Crippen molar-refractivity contribution in [3.63, 3.8) is 0 Å². The van der Waals surface area contributed by atoms with Crippen molar-refractivity contribution in [2.24, 2.45) is 4.99 Å². The maximum absolute atomic E-state index is 10.7. The van der Waals surface area contributed by atoms with E-state index in [0.29, 0.717) is 16.0 Å². The fourth-order valence-electron chi connectivity index (χ4n) is 1.70. The van der Waals surface area contributed by atoms with Gasteiger partial charge in [0.05, 0.1) is 5.69 Å². The van der Waals surface area contributed by atoms with Gasteiger partial charge in [-0.2, -0.15) is 8.42 Å². The zero-order valence-electron chi connectivity index (χ0n) is 12.0. The van der Waals surface area contributed by atoms with E-state index in [4.69, 9.17) is 9.96 Å². The number of rotatable bonds is 7.